The third kappa shape index (κ3) is 5.76. The fraction of sp³-hybridized carbons (Fsp3) is 0.263. The monoisotopic (exact) mass is 327 g/mol. The van der Waals surface area contributed by atoms with Crippen molar-refractivity contribution in [3.8, 4) is 5.75 Å². The molecule has 0 bridgehead atoms. The number of benzene rings is 2. The number of carbonyl (C=O) groups excluding carboxylic acids is 2. The number of anilines is 1. The Morgan fingerprint density at radius 3 is 2.29 bits per heavy atom. The number of carbonyl (C=O) groups is 2. The highest BCUT2D eigenvalue weighted by Gasteiger charge is 2.09. The Hall–Kier alpha value is -2.82. The maximum Gasteiger partial charge on any atom is 0.310 e. The van der Waals surface area contributed by atoms with Gasteiger partial charge in [0.2, 0.25) is 0 Å². The lowest BCUT2D eigenvalue weighted by molar-refractivity contribution is -0.146. The van der Waals surface area contributed by atoms with E-state index in [1.807, 2.05) is 38.1 Å². The van der Waals surface area contributed by atoms with E-state index < -0.39 is 5.97 Å². The molecular formula is C19H21NO4. The summed E-state index contributed by atoms with van der Waals surface area (Å²) in [5, 5.41) is 2.67. The van der Waals surface area contributed by atoms with Crippen LogP contribution in [0.15, 0.2) is 48.5 Å². The normalized spacial score (nSPS) is 10.1. The molecular weight excluding hydrogens is 306 g/mol. The zero-order valence-electron chi connectivity index (χ0n) is 13.9. The van der Waals surface area contributed by atoms with E-state index in [1.165, 1.54) is 0 Å². The maximum absolute atomic E-state index is 11.8. The van der Waals surface area contributed by atoms with Gasteiger partial charge >= 0.3 is 5.97 Å². The Morgan fingerprint density at radius 2 is 1.67 bits per heavy atom. The van der Waals surface area contributed by atoms with Gasteiger partial charge in [0.15, 0.2) is 6.61 Å². The molecule has 0 spiro atoms. The average molecular weight is 327 g/mol. The van der Waals surface area contributed by atoms with Crippen molar-refractivity contribution in [3.05, 3.63) is 59.7 Å². The van der Waals surface area contributed by atoms with Gasteiger partial charge in [0.25, 0.3) is 5.91 Å². The Labute approximate surface area is 141 Å². The molecule has 0 aliphatic heterocycles. The second-order valence-corrected chi connectivity index (χ2v) is 5.33. The van der Waals surface area contributed by atoms with Crippen LogP contribution in [0, 0.1) is 6.92 Å². The largest absolute Gasteiger partial charge is 0.494 e. The summed E-state index contributed by atoms with van der Waals surface area (Å²) in [4.78, 5) is 23.6. The van der Waals surface area contributed by atoms with Crippen LogP contribution in [-0.2, 0) is 20.7 Å². The summed E-state index contributed by atoms with van der Waals surface area (Å²) >= 11 is 0. The summed E-state index contributed by atoms with van der Waals surface area (Å²) in [6, 6.07) is 14.6. The first-order valence-corrected chi connectivity index (χ1v) is 7.80. The zero-order chi connectivity index (χ0) is 17.4. The van der Waals surface area contributed by atoms with Crippen molar-refractivity contribution in [1.82, 2.24) is 0 Å². The van der Waals surface area contributed by atoms with E-state index in [0.717, 1.165) is 16.9 Å². The van der Waals surface area contributed by atoms with Crippen molar-refractivity contribution in [1.29, 1.82) is 0 Å². The van der Waals surface area contributed by atoms with E-state index in [1.54, 1.807) is 24.3 Å². The van der Waals surface area contributed by atoms with Crippen LogP contribution in [0.2, 0.25) is 0 Å². The van der Waals surface area contributed by atoms with Crippen LogP contribution in [0.1, 0.15) is 18.1 Å². The van der Waals surface area contributed by atoms with Crippen LogP contribution in [0.5, 0.6) is 5.75 Å². The van der Waals surface area contributed by atoms with Gasteiger partial charge in [-0.15, -0.1) is 0 Å². The van der Waals surface area contributed by atoms with E-state index in [4.69, 9.17) is 9.47 Å². The highest BCUT2D eigenvalue weighted by Crippen LogP contribution is 2.15. The van der Waals surface area contributed by atoms with Gasteiger partial charge in [-0.2, -0.15) is 0 Å². The fourth-order valence-corrected chi connectivity index (χ4v) is 2.07. The predicted octanol–water partition coefficient (Wildman–Crippen LogP) is 3.12. The minimum Gasteiger partial charge on any atom is -0.494 e. The third-order valence-electron chi connectivity index (χ3n) is 3.28. The summed E-state index contributed by atoms with van der Waals surface area (Å²) in [5.74, 6) is -0.0721. The zero-order valence-corrected chi connectivity index (χ0v) is 13.9. The minimum atomic E-state index is -0.430. The van der Waals surface area contributed by atoms with Crippen LogP contribution >= 0.6 is 0 Å². The predicted molar refractivity (Wildman–Crippen MR) is 92.1 cm³/mol. The topological polar surface area (TPSA) is 64.6 Å². The molecule has 0 radical (unpaired) electrons. The standard InChI is InChI=1S/C19H21NO4/c1-3-23-17-10-8-16(9-11-17)20-18(21)13-24-19(22)12-15-6-4-14(2)5-7-15/h4-11H,3,12-13H2,1-2H3,(H,20,21). The summed E-state index contributed by atoms with van der Waals surface area (Å²) in [6.45, 7) is 4.16. The van der Waals surface area contributed by atoms with Gasteiger partial charge in [0, 0.05) is 5.69 Å². The second kappa shape index (κ2) is 8.72. The molecule has 2 aromatic rings. The fourth-order valence-electron chi connectivity index (χ4n) is 2.07. The molecule has 126 valence electrons. The third-order valence-corrected chi connectivity index (χ3v) is 3.28. The number of hydrogen-bond donors (Lipinski definition) is 1. The number of esters is 1. The molecule has 0 fully saturated rings. The molecule has 1 N–H and O–H groups in total. The van der Waals surface area contributed by atoms with Gasteiger partial charge in [0.05, 0.1) is 13.0 Å². The Morgan fingerprint density at radius 1 is 1.00 bits per heavy atom. The van der Waals surface area contributed by atoms with Gasteiger partial charge in [-0.1, -0.05) is 29.8 Å². The van der Waals surface area contributed by atoms with E-state index in [2.05, 4.69) is 5.32 Å². The highest BCUT2D eigenvalue weighted by molar-refractivity contribution is 5.92. The molecule has 0 unspecified atom stereocenters. The molecule has 0 aromatic heterocycles. The van der Waals surface area contributed by atoms with E-state index in [-0.39, 0.29) is 18.9 Å². The van der Waals surface area contributed by atoms with Crippen LogP contribution in [-0.4, -0.2) is 25.1 Å². The molecule has 0 heterocycles. The first-order valence-electron chi connectivity index (χ1n) is 7.80. The van der Waals surface area contributed by atoms with Crippen molar-refractivity contribution in [2.24, 2.45) is 0 Å². The molecule has 5 nitrogen and oxygen atoms in total. The molecule has 0 saturated carbocycles. The smallest absolute Gasteiger partial charge is 0.310 e. The number of aryl methyl sites for hydroxylation is 1. The Bertz CT molecular complexity index is 678. The van der Waals surface area contributed by atoms with Gasteiger partial charge in [-0.05, 0) is 43.7 Å². The molecule has 2 rings (SSSR count). The molecule has 0 saturated heterocycles. The van der Waals surface area contributed by atoms with Crippen molar-refractivity contribution in [2.45, 2.75) is 20.3 Å². The molecule has 24 heavy (non-hydrogen) atoms. The van der Waals surface area contributed by atoms with Crippen molar-refractivity contribution >= 4 is 17.6 Å². The quantitative estimate of drug-likeness (QED) is 0.794. The Balaban J connectivity index is 1.75. The van der Waals surface area contributed by atoms with Crippen LogP contribution in [0.4, 0.5) is 5.69 Å². The molecule has 5 heteroatoms. The summed E-state index contributed by atoms with van der Waals surface area (Å²) in [5.41, 5.74) is 2.61. The lowest BCUT2D eigenvalue weighted by Gasteiger charge is -2.08. The first kappa shape index (κ1) is 17.5. The van der Waals surface area contributed by atoms with Crippen LogP contribution in [0.3, 0.4) is 0 Å². The Kier molecular flexibility index (Phi) is 6.37. The van der Waals surface area contributed by atoms with Crippen molar-refractivity contribution in [2.75, 3.05) is 18.5 Å². The van der Waals surface area contributed by atoms with Crippen LogP contribution in [0.25, 0.3) is 0 Å². The van der Waals surface area contributed by atoms with Gasteiger partial charge in [-0.3, -0.25) is 9.59 Å². The number of ether oxygens (including phenoxy) is 2. The van der Waals surface area contributed by atoms with Gasteiger partial charge in [0.1, 0.15) is 5.75 Å². The molecule has 1 amide bonds. The first-order chi connectivity index (χ1) is 11.6. The highest BCUT2D eigenvalue weighted by atomic mass is 16.5. The lowest BCUT2D eigenvalue weighted by Crippen LogP contribution is -2.21. The van der Waals surface area contributed by atoms with E-state index >= 15 is 0 Å². The van der Waals surface area contributed by atoms with Crippen LogP contribution < -0.4 is 10.1 Å². The van der Waals surface area contributed by atoms with Gasteiger partial charge < -0.3 is 14.8 Å². The lowest BCUT2D eigenvalue weighted by atomic mass is 10.1. The number of amides is 1. The molecule has 0 aliphatic carbocycles. The SMILES string of the molecule is CCOc1ccc(NC(=O)COC(=O)Cc2ccc(C)cc2)cc1. The number of nitrogens with one attached hydrogen (secondary N) is 1. The molecule has 0 aliphatic rings. The molecule has 0 atom stereocenters. The van der Waals surface area contributed by atoms with E-state index in [9.17, 15) is 9.59 Å². The molecule has 2 aromatic carbocycles. The average Bonchev–Trinajstić information content (AvgIpc) is 2.57. The number of hydrogen-bond acceptors (Lipinski definition) is 4. The summed E-state index contributed by atoms with van der Waals surface area (Å²) < 4.78 is 10.3. The van der Waals surface area contributed by atoms with Crippen molar-refractivity contribution < 1.29 is 19.1 Å². The summed E-state index contributed by atoms with van der Waals surface area (Å²) in [6.07, 6.45) is 0.149. The summed E-state index contributed by atoms with van der Waals surface area (Å²) in [7, 11) is 0. The van der Waals surface area contributed by atoms with E-state index in [0.29, 0.717) is 12.3 Å². The minimum absolute atomic E-state index is 0.149. The number of rotatable bonds is 7. The second-order valence-electron chi connectivity index (χ2n) is 5.33. The maximum atomic E-state index is 11.8. The van der Waals surface area contributed by atoms with Crippen molar-refractivity contribution in [3.63, 3.8) is 0 Å². The van der Waals surface area contributed by atoms with Gasteiger partial charge in [-0.25, -0.2) is 0 Å².